The molecule has 1 aliphatic rings. The normalized spacial score (nSPS) is 11.7. The summed E-state index contributed by atoms with van der Waals surface area (Å²) < 4.78 is 31.9. The molecule has 0 saturated heterocycles. The van der Waals surface area contributed by atoms with Crippen LogP contribution in [0.1, 0.15) is 96.9 Å². The summed E-state index contributed by atoms with van der Waals surface area (Å²) in [6.45, 7) is 8.70. The van der Waals surface area contributed by atoms with Crippen molar-refractivity contribution in [3.05, 3.63) is 215 Å². The fourth-order valence-electron chi connectivity index (χ4n) is 9.46. The van der Waals surface area contributed by atoms with Gasteiger partial charge in [0.2, 0.25) is 0 Å². The second-order valence-corrected chi connectivity index (χ2v) is 18.3. The smallest absolute Gasteiger partial charge is 0.169 e. The number of hydrogen-bond donors (Lipinski definition) is 0. The standard InChI is InChI=1S/C62H66N4O4.2ClH/c1-3-39-67-59-51-13-9-14-52(59)44-56-18-12-20-58(62(56)70-42-8-6-34-66-37-27-50(28-38-66)48-23-31-64-32-24-48)46-54-16-10-15-53(60(54)68-40-4-2)45-57-19-11-17-55(43-51)61(57)69-41-7-5-33-65-35-25-49(26-36-65)47-21-29-63-30-22-47;;/h9-32,35-38H,3-8,33-34,39-46H2,1-2H3;2*1H/q+2;;/p-2. The van der Waals surface area contributed by atoms with Gasteiger partial charge < -0.3 is 43.8 Å². The average molecular weight is 1000 g/mol. The zero-order valence-electron chi connectivity index (χ0n) is 41.7. The Morgan fingerprint density at radius 1 is 0.347 bits per heavy atom. The predicted octanol–water partition coefficient (Wildman–Crippen LogP) is 6.37. The van der Waals surface area contributed by atoms with E-state index in [0.29, 0.717) is 52.1 Å². The number of hydrogen-bond acceptors (Lipinski definition) is 6. The summed E-state index contributed by atoms with van der Waals surface area (Å²) in [4.78, 5) is 8.33. The van der Waals surface area contributed by atoms with E-state index in [9.17, 15) is 0 Å². The number of fused-ring (bicyclic) bond motifs is 8. The summed E-state index contributed by atoms with van der Waals surface area (Å²) in [5, 5.41) is 0. The number of benzene rings is 4. The minimum atomic E-state index is 0. The highest BCUT2D eigenvalue weighted by molar-refractivity contribution is 5.62. The Bertz CT molecular complexity index is 2630. The average Bonchev–Trinajstić information content (AvgIpc) is 3.40. The van der Waals surface area contributed by atoms with Gasteiger partial charge in [-0.2, -0.15) is 0 Å². The van der Waals surface area contributed by atoms with Crippen molar-refractivity contribution >= 4 is 0 Å². The molecule has 4 aromatic carbocycles. The van der Waals surface area contributed by atoms with Gasteiger partial charge in [0.25, 0.3) is 0 Å². The molecule has 0 aliphatic heterocycles. The molecular formula is C62H66Cl2N4O4. The van der Waals surface area contributed by atoms with Gasteiger partial charge in [0.1, 0.15) is 36.1 Å². The van der Waals surface area contributed by atoms with E-state index >= 15 is 0 Å². The predicted molar refractivity (Wildman–Crippen MR) is 278 cm³/mol. The van der Waals surface area contributed by atoms with E-state index in [2.05, 4.69) is 155 Å². The van der Waals surface area contributed by atoms with Gasteiger partial charge in [-0.3, -0.25) is 9.97 Å². The molecule has 1 aliphatic carbocycles. The lowest BCUT2D eigenvalue weighted by Gasteiger charge is -2.22. The van der Waals surface area contributed by atoms with E-state index in [1.54, 1.807) is 0 Å². The molecule has 0 amide bonds. The molecular weight excluding hydrogens is 936 g/mol. The van der Waals surface area contributed by atoms with Gasteiger partial charge in [0.05, 0.1) is 26.4 Å². The Balaban J connectivity index is 0.00000380. The third kappa shape index (κ3) is 13.8. The number of pyridine rings is 4. The molecule has 0 radical (unpaired) electrons. The first-order chi connectivity index (χ1) is 34.6. The maximum Gasteiger partial charge on any atom is 0.169 e. The molecule has 8 aromatic rings. The van der Waals surface area contributed by atoms with E-state index < -0.39 is 0 Å². The highest BCUT2D eigenvalue weighted by atomic mass is 35.5. The van der Waals surface area contributed by atoms with Crippen molar-refractivity contribution in [2.75, 3.05) is 26.4 Å². The fraction of sp³-hybridized carbons (Fsp3) is 0.290. The van der Waals surface area contributed by atoms with Crippen molar-refractivity contribution in [2.24, 2.45) is 0 Å². The molecule has 8 nitrogen and oxygen atoms in total. The summed E-state index contributed by atoms with van der Waals surface area (Å²) in [6, 6.07) is 43.5. The molecule has 8 bridgehead atoms. The Kier molecular flexibility index (Phi) is 20.0. The van der Waals surface area contributed by atoms with Gasteiger partial charge in [-0.1, -0.05) is 86.6 Å². The third-order valence-corrected chi connectivity index (χ3v) is 13.1. The Morgan fingerprint density at radius 3 is 0.889 bits per heavy atom. The third-order valence-electron chi connectivity index (χ3n) is 13.1. The number of unbranched alkanes of at least 4 members (excludes halogenated alkanes) is 2. The molecule has 372 valence electrons. The van der Waals surface area contributed by atoms with E-state index in [1.165, 1.54) is 22.3 Å². The summed E-state index contributed by atoms with van der Waals surface area (Å²) in [6.07, 6.45) is 24.4. The zero-order chi connectivity index (χ0) is 47.7. The first-order valence-electron chi connectivity index (χ1n) is 25.4. The van der Waals surface area contributed by atoms with Crippen LogP contribution in [0.5, 0.6) is 23.0 Å². The van der Waals surface area contributed by atoms with Crippen molar-refractivity contribution in [1.82, 2.24) is 9.97 Å². The van der Waals surface area contributed by atoms with Crippen molar-refractivity contribution in [2.45, 2.75) is 91.1 Å². The van der Waals surface area contributed by atoms with Crippen LogP contribution in [0, 0.1) is 0 Å². The number of halogens is 2. The first kappa shape index (κ1) is 53.1. The van der Waals surface area contributed by atoms with E-state index in [0.717, 1.165) is 119 Å². The second kappa shape index (κ2) is 27.2. The Morgan fingerprint density at radius 2 is 0.611 bits per heavy atom. The summed E-state index contributed by atoms with van der Waals surface area (Å²) in [5.41, 5.74) is 14.0. The lowest BCUT2D eigenvalue weighted by Crippen LogP contribution is -3.00. The molecule has 0 spiro atoms. The molecule has 0 fully saturated rings. The van der Waals surface area contributed by atoms with Gasteiger partial charge >= 0.3 is 0 Å². The van der Waals surface area contributed by atoms with E-state index in [4.69, 9.17) is 18.9 Å². The van der Waals surface area contributed by atoms with E-state index in [1.807, 2.05) is 49.1 Å². The first-order valence-corrected chi connectivity index (χ1v) is 25.4. The van der Waals surface area contributed by atoms with Crippen LogP contribution >= 0.6 is 0 Å². The molecule has 72 heavy (non-hydrogen) atoms. The minimum absolute atomic E-state index is 0. The monoisotopic (exact) mass is 1000 g/mol. The molecule has 10 heteroatoms. The minimum Gasteiger partial charge on any atom is -1.00 e. The molecule has 0 saturated carbocycles. The molecule has 0 unspecified atom stereocenters. The highest BCUT2D eigenvalue weighted by Crippen LogP contribution is 2.39. The molecule has 0 N–H and O–H groups in total. The van der Waals surface area contributed by atoms with Crippen LogP contribution in [0.3, 0.4) is 0 Å². The van der Waals surface area contributed by atoms with Crippen LogP contribution in [0.15, 0.2) is 171 Å². The van der Waals surface area contributed by atoms with Gasteiger partial charge in [-0.25, -0.2) is 9.13 Å². The number of ether oxygens (including phenoxy) is 4. The Hall–Kier alpha value is -6.74. The molecule has 4 heterocycles. The topological polar surface area (TPSA) is 70.5 Å². The van der Waals surface area contributed by atoms with Crippen LogP contribution in [0.25, 0.3) is 22.3 Å². The number of aryl methyl sites for hydroxylation is 2. The van der Waals surface area contributed by atoms with Crippen molar-refractivity contribution in [1.29, 1.82) is 0 Å². The lowest BCUT2D eigenvalue weighted by molar-refractivity contribution is -0.697. The van der Waals surface area contributed by atoms with Crippen LogP contribution in [-0.4, -0.2) is 36.4 Å². The van der Waals surface area contributed by atoms with Gasteiger partial charge in [-0.05, 0) is 117 Å². The SMILES string of the molecule is CCCOc1c2cccc1Cc1cccc(c1OCCCC[n+]1ccc(-c3ccncc3)cc1)Cc1cccc(c1OCCC)Cc1cccc(c1OCCCC[n+]1ccc(-c3ccncc3)cc1)C2.[Cl-].[Cl-]. The Labute approximate surface area is 438 Å². The molecule has 0 atom stereocenters. The van der Waals surface area contributed by atoms with Crippen LogP contribution in [0.2, 0.25) is 0 Å². The maximum absolute atomic E-state index is 6.95. The van der Waals surface area contributed by atoms with Gasteiger partial charge in [0.15, 0.2) is 24.8 Å². The summed E-state index contributed by atoms with van der Waals surface area (Å²) in [7, 11) is 0. The van der Waals surface area contributed by atoms with Crippen LogP contribution in [-0.2, 0) is 38.8 Å². The van der Waals surface area contributed by atoms with Crippen molar-refractivity contribution in [3.63, 3.8) is 0 Å². The van der Waals surface area contributed by atoms with E-state index in [-0.39, 0.29) is 24.8 Å². The van der Waals surface area contributed by atoms with Crippen LogP contribution < -0.4 is 52.9 Å². The zero-order valence-corrected chi connectivity index (χ0v) is 43.2. The number of para-hydroxylation sites is 4. The van der Waals surface area contributed by atoms with Crippen molar-refractivity contribution < 1.29 is 52.9 Å². The fourth-order valence-corrected chi connectivity index (χ4v) is 9.46. The van der Waals surface area contributed by atoms with Gasteiger partial charge in [-0.15, -0.1) is 0 Å². The van der Waals surface area contributed by atoms with Crippen molar-refractivity contribution in [3.8, 4) is 45.3 Å². The molecule has 9 rings (SSSR count). The summed E-state index contributed by atoms with van der Waals surface area (Å²) >= 11 is 0. The second-order valence-electron chi connectivity index (χ2n) is 18.3. The number of nitrogens with zero attached hydrogens (tertiary/aromatic N) is 4. The summed E-state index contributed by atoms with van der Waals surface area (Å²) in [5.74, 6) is 3.85. The van der Waals surface area contributed by atoms with Crippen LogP contribution in [0.4, 0.5) is 0 Å². The number of rotatable bonds is 20. The maximum atomic E-state index is 6.95. The largest absolute Gasteiger partial charge is 1.00 e. The van der Waals surface area contributed by atoms with Gasteiger partial charge in [0, 0.05) is 87.6 Å². The molecule has 4 aromatic heterocycles. The number of aromatic nitrogens is 4. The highest BCUT2D eigenvalue weighted by Gasteiger charge is 2.22. The lowest BCUT2D eigenvalue weighted by atomic mass is 9.91. The quantitative estimate of drug-likeness (QED) is 0.0655.